The first-order valence-corrected chi connectivity index (χ1v) is 5.48. The maximum atomic E-state index is 12.6. The Morgan fingerprint density at radius 1 is 1.35 bits per heavy atom. The molecule has 5 heteroatoms. The second kappa shape index (κ2) is 4.41. The van der Waals surface area contributed by atoms with Crippen molar-refractivity contribution in [3.8, 4) is 0 Å². The lowest BCUT2D eigenvalue weighted by atomic mass is 9.88. The molecular formula is C12H14F2N2O. The number of hydrogen-bond donors (Lipinski definition) is 2. The largest absolute Gasteiger partial charge is 0.349 e. The van der Waals surface area contributed by atoms with Crippen LogP contribution >= 0.6 is 0 Å². The van der Waals surface area contributed by atoms with Crippen LogP contribution in [0.15, 0.2) is 24.3 Å². The molecule has 1 amide bonds. The van der Waals surface area contributed by atoms with Crippen LogP contribution in [0.4, 0.5) is 8.78 Å². The van der Waals surface area contributed by atoms with E-state index in [1.165, 1.54) is 0 Å². The Bertz CT molecular complexity index is 409. The summed E-state index contributed by atoms with van der Waals surface area (Å²) >= 11 is 0. The third-order valence-corrected chi connectivity index (χ3v) is 2.88. The number of amides is 1. The smallest absolute Gasteiger partial charge is 0.252 e. The number of alkyl halides is 2. The molecule has 1 aliphatic rings. The highest BCUT2D eigenvalue weighted by Crippen LogP contribution is 2.37. The van der Waals surface area contributed by atoms with Crippen LogP contribution in [0.5, 0.6) is 0 Å². The summed E-state index contributed by atoms with van der Waals surface area (Å²) in [4.78, 5) is 11.7. The van der Waals surface area contributed by atoms with Crippen LogP contribution in [0.3, 0.4) is 0 Å². The molecule has 0 unspecified atom stereocenters. The molecule has 1 saturated carbocycles. The second-order valence-electron chi connectivity index (χ2n) is 4.34. The normalized spacial score (nSPS) is 18.5. The Kier molecular flexibility index (Phi) is 3.11. The molecule has 1 fully saturated rings. The lowest BCUT2D eigenvalue weighted by molar-refractivity contribution is -0.0901. The molecule has 0 aromatic heterocycles. The predicted octanol–water partition coefficient (Wildman–Crippen LogP) is 1.67. The third-order valence-electron chi connectivity index (χ3n) is 2.88. The minimum absolute atomic E-state index is 0.264. The molecule has 0 atom stereocenters. The lowest BCUT2D eigenvalue weighted by Gasteiger charge is -2.35. The van der Waals surface area contributed by atoms with Gasteiger partial charge in [-0.1, -0.05) is 12.1 Å². The number of carbonyl (C=O) groups is 1. The van der Waals surface area contributed by atoms with E-state index in [2.05, 4.69) is 5.32 Å². The second-order valence-corrected chi connectivity index (χ2v) is 4.34. The van der Waals surface area contributed by atoms with E-state index in [4.69, 9.17) is 5.73 Å². The average Bonchev–Trinajstić information content (AvgIpc) is 2.26. The van der Waals surface area contributed by atoms with E-state index in [1.54, 1.807) is 24.3 Å². The minimum atomic E-state index is -2.61. The number of hydrogen-bond acceptors (Lipinski definition) is 2. The zero-order chi connectivity index (χ0) is 12.5. The Hall–Kier alpha value is -1.49. The molecule has 92 valence electrons. The zero-order valence-corrected chi connectivity index (χ0v) is 9.25. The van der Waals surface area contributed by atoms with E-state index in [0.29, 0.717) is 12.1 Å². The molecule has 1 aliphatic carbocycles. The van der Waals surface area contributed by atoms with Crippen LogP contribution in [0.1, 0.15) is 28.8 Å². The summed E-state index contributed by atoms with van der Waals surface area (Å²) < 4.78 is 25.1. The fourth-order valence-electron chi connectivity index (χ4n) is 1.82. The molecule has 0 spiro atoms. The van der Waals surface area contributed by atoms with E-state index in [1.807, 2.05) is 0 Å². The van der Waals surface area contributed by atoms with Crippen LogP contribution in [0.2, 0.25) is 0 Å². The number of benzene rings is 1. The van der Waals surface area contributed by atoms with Gasteiger partial charge in [-0.05, 0) is 17.7 Å². The third kappa shape index (κ3) is 2.79. The molecule has 0 aliphatic heterocycles. The van der Waals surface area contributed by atoms with Crippen molar-refractivity contribution in [3.63, 3.8) is 0 Å². The molecule has 3 nitrogen and oxygen atoms in total. The van der Waals surface area contributed by atoms with Crippen molar-refractivity contribution in [1.82, 2.24) is 5.32 Å². The first-order valence-electron chi connectivity index (χ1n) is 5.48. The highest BCUT2D eigenvalue weighted by atomic mass is 19.3. The molecule has 2 rings (SSSR count). The topological polar surface area (TPSA) is 55.1 Å². The number of nitrogens with two attached hydrogens (primary N) is 1. The number of halogens is 2. The summed E-state index contributed by atoms with van der Waals surface area (Å²) in [6.07, 6.45) is -0.529. The van der Waals surface area contributed by atoms with Crippen molar-refractivity contribution in [2.75, 3.05) is 0 Å². The maximum absolute atomic E-state index is 12.6. The van der Waals surface area contributed by atoms with Gasteiger partial charge in [-0.15, -0.1) is 0 Å². The van der Waals surface area contributed by atoms with Crippen LogP contribution < -0.4 is 11.1 Å². The Morgan fingerprint density at radius 2 is 1.94 bits per heavy atom. The summed E-state index contributed by atoms with van der Waals surface area (Å²) in [5.41, 5.74) is 6.83. The average molecular weight is 240 g/mol. The van der Waals surface area contributed by atoms with E-state index < -0.39 is 12.0 Å². The van der Waals surface area contributed by atoms with E-state index in [-0.39, 0.29) is 18.7 Å². The van der Waals surface area contributed by atoms with Crippen LogP contribution in [0, 0.1) is 0 Å². The zero-order valence-electron chi connectivity index (χ0n) is 9.25. The summed E-state index contributed by atoms with van der Waals surface area (Å²) in [6, 6.07) is 6.39. The molecule has 17 heavy (non-hydrogen) atoms. The van der Waals surface area contributed by atoms with Crippen molar-refractivity contribution in [2.24, 2.45) is 5.73 Å². The molecule has 0 saturated heterocycles. The maximum Gasteiger partial charge on any atom is 0.252 e. The standard InChI is InChI=1S/C12H14F2N2O/c13-12(14)5-10(6-12)16-11(17)9-3-1-8(7-15)2-4-9/h1-4,10H,5-7,15H2,(H,16,17). The van der Waals surface area contributed by atoms with E-state index >= 15 is 0 Å². The fourth-order valence-corrected chi connectivity index (χ4v) is 1.82. The predicted molar refractivity (Wildman–Crippen MR) is 59.8 cm³/mol. The monoisotopic (exact) mass is 240 g/mol. The van der Waals surface area contributed by atoms with Crippen molar-refractivity contribution in [3.05, 3.63) is 35.4 Å². The minimum Gasteiger partial charge on any atom is -0.349 e. The summed E-state index contributed by atoms with van der Waals surface area (Å²) in [5.74, 6) is -2.92. The molecule has 3 N–H and O–H groups in total. The Balaban J connectivity index is 1.91. The molecular weight excluding hydrogens is 226 g/mol. The molecule has 0 radical (unpaired) electrons. The molecule has 1 aromatic rings. The van der Waals surface area contributed by atoms with Crippen molar-refractivity contribution < 1.29 is 13.6 Å². The Labute approximate surface area is 98.0 Å². The van der Waals surface area contributed by atoms with Gasteiger partial charge >= 0.3 is 0 Å². The van der Waals surface area contributed by atoms with Gasteiger partial charge < -0.3 is 11.1 Å². The summed E-state index contributed by atoms with van der Waals surface area (Å²) in [5, 5.41) is 2.58. The van der Waals surface area contributed by atoms with Crippen molar-refractivity contribution in [1.29, 1.82) is 0 Å². The van der Waals surface area contributed by atoms with Gasteiger partial charge in [-0.25, -0.2) is 8.78 Å². The van der Waals surface area contributed by atoms with E-state index in [9.17, 15) is 13.6 Å². The van der Waals surface area contributed by atoms with E-state index in [0.717, 1.165) is 5.56 Å². The quantitative estimate of drug-likeness (QED) is 0.844. The number of rotatable bonds is 3. The SMILES string of the molecule is NCc1ccc(C(=O)NC2CC(F)(F)C2)cc1. The van der Waals surface area contributed by atoms with Gasteiger partial charge in [0.25, 0.3) is 11.8 Å². The van der Waals surface area contributed by atoms with Crippen molar-refractivity contribution in [2.45, 2.75) is 31.4 Å². The number of carbonyl (C=O) groups excluding carboxylic acids is 1. The summed E-state index contributed by atoms with van der Waals surface area (Å²) in [6.45, 7) is 0.413. The highest BCUT2D eigenvalue weighted by Gasteiger charge is 2.45. The van der Waals surface area contributed by atoms with Gasteiger partial charge in [0.2, 0.25) is 0 Å². The molecule has 0 heterocycles. The van der Waals surface area contributed by atoms with Gasteiger partial charge in [0.15, 0.2) is 0 Å². The van der Waals surface area contributed by atoms with Crippen LogP contribution in [-0.2, 0) is 6.54 Å². The van der Waals surface area contributed by atoms with Crippen LogP contribution in [0.25, 0.3) is 0 Å². The molecule has 1 aromatic carbocycles. The lowest BCUT2D eigenvalue weighted by Crippen LogP contribution is -2.50. The van der Waals surface area contributed by atoms with Gasteiger partial charge in [0.05, 0.1) is 0 Å². The summed E-state index contributed by atoms with van der Waals surface area (Å²) in [7, 11) is 0. The molecule has 0 bridgehead atoms. The van der Waals surface area contributed by atoms with Gasteiger partial charge in [0.1, 0.15) is 0 Å². The van der Waals surface area contributed by atoms with Crippen LogP contribution in [-0.4, -0.2) is 17.9 Å². The Morgan fingerprint density at radius 3 is 2.41 bits per heavy atom. The van der Waals surface area contributed by atoms with Gasteiger partial charge in [-0.2, -0.15) is 0 Å². The highest BCUT2D eigenvalue weighted by molar-refractivity contribution is 5.94. The van der Waals surface area contributed by atoms with Gasteiger partial charge in [0, 0.05) is 31.0 Å². The number of nitrogens with one attached hydrogen (secondary N) is 1. The van der Waals surface area contributed by atoms with Gasteiger partial charge in [-0.3, -0.25) is 4.79 Å². The first-order chi connectivity index (χ1) is 8.00. The fraction of sp³-hybridized carbons (Fsp3) is 0.417. The van der Waals surface area contributed by atoms with Crippen molar-refractivity contribution >= 4 is 5.91 Å². The first kappa shape index (κ1) is 12.0.